The molecule has 3 heteroatoms. The molecule has 1 rings (SSSR count). The minimum Gasteiger partial charge on any atom is -0.480 e. The van der Waals surface area contributed by atoms with Gasteiger partial charge in [-0.3, -0.25) is 4.79 Å². The number of hydrogen-bond acceptors (Lipinski definition) is 2. The van der Waals surface area contributed by atoms with E-state index >= 15 is 0 Å². The molecule has 0 heterocycles. The zero-order valence-corrected chi connectivity index (χ0v) is 7.78. The number of aliphatic carboxylic acids is 1. The van der Waals surface area contributed by atoms with Crippen LogP contribution in [0.3, 0.4) is 0 Å². The van der Waals surface area contributed by atoms with E-state index in [9.17, 15) is 4.79 Å². The first-order valence-electron chi connectivity index (χ1n) is 3.93. The molecule has 0 unspecified atom stereocenters. The normalized spacial score (nSPS) is 19.5. The second-order valence-corrected chi connectivity index (χ2v) is 5.41. The van der Waals surface area contributed by atoms with Crippen LogP contribution in [0.1, 0.15) is 33.1 Å². The number of rotatable bonds is 3. The summed E-state index contributed by atoms with van der Waals surface area (Å²) in [6, 6.07) is 0. The summed E-state index contributed by atoms with van der Waals surface area (Å²) in [5.74, 6) is -0.700. The van der Waals surface area contributed by atoms with Crippen molar-refractivity contribution in [2.45, 2.75) is 43.1 Å². The highest BCUT2D eigenvalue weighted by Crippen LogP contribution is 2.39. The summed E-state index contributed by atoms with van der Waals surface area (Å²) >= 11 is 1.60. The predicted molar refractivity (Wildman–Crippen MR) is 46.9 cm³/mol. The lowest BCUT2D eigenvalue weighted by molar-refractivity contribution is -0.138. The maximum absolute atomic E-state index is 10.7. The Bertz CT molecular complexity index is 161. The third kappa shape index (κ3) is 2.12. The predicted octanol–water partition coefficient (Wildman–Crippen LogP) is 2.14. The second kappa shape index (κ2) is 3.05. The zero-order valence-electron chi connectivity index (χ0n) is 6.96. The molecule has 0 aliphatic heterocycles. The van der Waals surface area contributed by atoms with Crippen molar-refractivity contribution >= 4 is 17.7 Å². The average molecular weight is 174 g/mol. The minimum atomic E-state index is -0.700. The molecule has 0 atom stereocenters. The summed E-state index contributed by atoms with van der Waals surface area (Å²) < 4.78 is -0.592. The molecule has 0 amide bonds. The van der Waals surface area contributed by atoms with Crippen LogP contribution in [0.2, 0.25) is 0 Å². The van der Waals surface area contributed by atoms with Crippen LogP contribution >= 0.6 is 11.8 Å². The number of carboxylic acid groups (broad SMARTS) is 1. The fourth-order valence-corrected chi connectivity index (χ4v) is 2.46. The number of carboxylic acids is 1. The summed E-state index contributed by atoms with van der Waals surface area (Å²) in [6.07, 6.45) is 3.66. The standard InChI is InChI=1S/C8H14O2S/c1-8(2,7(9)10)11-6-4-3-5-6/h6H,3-5H2,1-2H3,(H,9,10). The summed E-state index contributed by atoms with van der Waals surface area (Å²) in [4.78, 5) is 10.7. The van der Waals surface area contributed by atoms with Gasteiger partial charge in [0.15, 0.2) is 0 Å². The Labute approximate surface area is 71.4 Å². The molecule has 1 saturated carbocycles. The molecule has 0 aromatic rings. The molecule has 1 fully saturated rings. The van der Waals surface area contributed by atoms with Gasteiger partial charge in [0.25, 0.3) is 0 Å². The molecular weight excluding hydrogens is 160 g/mol. The van der Waals surface area contributed by atoms with Crippen molar-refractivity contribution in [3.63, 3.8) is 0 Å². The van der Waals surface area contributed by atoms with Gasteiger partial charge in [-0.2, -0.15) is 0 Å². The summed E-state index contributed by atoms with van der Waals surface area (Å²) in [5.41, 5.74) is 0. The van der Waals surface area contributed by atoms with Gasteiger partial charge in [-0.1, -0.05) is 6.42 Å². The van der Waals surface area contributed by atoms with E-state index in [2.05, 4.69) is 0 Å². The number of thioether (sulfide) groups is 1. The molecule has 0 spiro atoms. The molecular formula is C8H14O2S. The van der Waals surface area contributed by atoms with Gasteiger partial charge in [-0.25, -0.2) is 0 Å². The molecule has 2 nitrogen and oxygen atoms in total. The van der Waals surface area contributed by atoms with Crippen LogP contribution in [-0.4, -0.2) is 21.1 Å². The second-order valence-electron chi connectivity index (χ2n) is 3.49. The van der Waals surface area contributed by atoms with Crippen LogP contribution in [0, 0.1) is 0 Å². The monoisotopic (exact) mass is 174 g/mol. The van der Waals surface area contributed by atoms with E-state index in [1.54, 1.807) is 25.6 Å². The third-order valence-electron chi connectivity index (χ3n) is 2.03. The van der Waals surface area contributed by atoms with Gasteiger partial charge in [-0.05, 0) is 26.7 Å². The Morgan fingerprint density at radius 2 is 2.09 bits per heavy atom. The van der Waals surface area contributed by atoms with Crippen LogP contribution in [0.5, 0.6) is 0 Å². The topological polar surface area (TPSA) is 37.3 Å². The first-order valence-corrected chi connectivity index (χ1v) is 4.81. The molecule has 0 aromatic heterocycles. The van der Waals surface area contributed by atoms with E-state index in [1.807, 2.05) is 0 Å². The van der Waals surface area contributed by atoms with Crippen molar-refractivity contribution in [2.24, 2.45) is 0 Å². The summed E-state index contributed by atoms with van der Waals surface area (Å²) in [7, 11) is 0. The van der Waals surface area contributed by atoms with E-state index in [0.29, 0.717) is 5.25 Å². The van der Waals surface area contributed by atoms with Gasteiger partial charge < -0.3 is 5.11 Å². The average Bonchev–Trinajstić information content (AvgIpc) is 1.79. The third-order valence-corrected chi connectivity index (χ3v) is 3.60. The summed E-state index contributed by atoms with van der Waals surface area (Å²) in [6.45, 7) is 3.55. The Morgan fingerprint density at radius 1 is 1.55 bits per heavy atom. The van der Waals surface area contributed by atoms with Gasteiger partial charge >= 0.3 is 5.97 Å². The van der Waals surface area contributed by atoms with Crippen molar-refractivity contribution in [1.29, 1.82) is 0 Å². The lowest BCUT2D eigenvalue weighted by Crippen LogP contribution is -2.32. The highest BCUT2D eigenvalue weighted by Gasteiger charge is 2.33. The van der Waals surface area contributed by atoms with E-state index < -0.39 is 10.7 Å². The number of hydrogen-bond donors (Lipinski definition) is 1. The molecule has 64 valence electrons. The Kier molecular flexibility index (Phi) is 2.47. The Morgan fingerprint density at radius 3 is 2.36 bits per heavy atom. The van der Waals surface area contributed by atoms with Crippen molar-refractivity contribution in [1.82, 2.24) is 0 Å². The molecule has 11 heavy (non-hydrogen) atoms. The van der Waals surface area contributed by atoms with Crippen molar-refractivity contribution in [3.05, 3.63) is 0 Å². The van der Waals surface area contributed by atoms with Crippen molar-refractivity contribution < 1.29 is 9.90 Å². The maximum atomic E-state index is 10.7. The van der Waals surface area contributed by atoms with Gasteiger partial charge in [-0.15, -0.1) is 11.8 Å². The summed E-state index contributed by atoms with van der Waals surface area (Å²) in [5, 5.41) is 9.39. The molecule has 1 aliphatic carbocycles. The molecule has 0 bridgehead atoms. The molecule has 0 aromatic carbocycles. The minimum absolute atomic E-state index is 0.592. The molecule has 1 aliphatic rings. The van der Waals surface area contributed by atoms with E-state index in [-0.39, 0.29) is 0 Å². The highest BCUT2D eigenvalue weighted by atomic mass is 32.2. The van der Waals surface area contributed by atoms with Gasteiger partial charge in [0.1, 0.15) is 4.75 Å². The lowest BCUT2D eigenvalue weighted by Gasteiger charge is -2.31. The van der Waals surface area contributed by atoms with Gasteiger partial charge in [0.2, 0.25) is 0 Å². The Hall–Kier alpha value is -0.180. The number of carbonyl (C=O) groups is 1. The maximum Gasteiger partial charge on any atom is 0.319 e. The molecule has 0 radical (unpaired) electrons. The largest absolute Gasteiger partial charge is 0.480 e. The van der Waals surface area contributed by atoms with E-state index in [4.69, 9.17) is 5.11 Å². The van der Waals surface area contributed by atoms with Crippen LogP contribution in [0.25, 0.3) is 0 Å². The SMILES string of the molecule is CC(C)(SC1CCC1)C(=O)O. The van der Waals surface area contributed by atoms with Crippen molar-refractivity contribution in [2.75, 3.05) is 0 Å². The van der Waals surface area contributed by atoms with Gasteiger partial charge in [0.05, 0.1) is 0 Å². The van der Waals surface area contributed by atoms with E-state index in [0.717, 1.165) is 0 Å². The van der Waals surface area contributed by atoms with Crippen LogP contribution in [0.4, 0.5) is 0 Å². The first-order chi connectivity index (χ1) is 5.02. The van der Waals surface area contributed by atoms with Crippen LogP contribution < -0.4 is 0 Å². The van der Waals surface area contributed by atoms with Gasteiger partial charge in [0, 0.05) is 5.25 Å². The fraction of sp³-hybridized carbons (Fsp3) is 0.875. The van der Waals surface area contributed by atoms with E-state index in [1.165, 1.54) is 19.3 Å². The fourth-order valence-electron chi connectivity index (χ4n) is 0.956. The Balaban J connectivity index is 2.38. The van der Waals surface area contributed by atoms with Crippen LogP contribution in [-0.2, 0) is 4.79 Å². The van der Waals surface area contributed by atoms with Crippen molar-refractivity contribution in [3.8, 4) is 0 Å². The smallest absolute Gasteiger partial charge is 0.319 e. The van der Waals surface area contributed by atoms with Crippen LogP contribution in [0.15, 0.2) is 0 Å². The molecule has 1 N–H and O–H groups in total. The quantitative estimate of drug-likeness (QED) is 0.712. The first kappa shape index (κ1) is 8.91. The molecule has 0 saturated heterocycles. The zero-order chi connectivity index (χ0) is 8.48. The lowest BCUT2D eigenvalue weighted by atomic mass is 10.00. The highest BCUT2D eigenvalue weighted by molar-refractivity contribution is 8.02.